The molecular weight excluding hydrogens is 331 g/mol. The zero-order valence-electron chi connectivity index (χ0n) is 16.1. The number of carbonyl (C=O) groups excluding carboxylic acids is 1. The second kappa shape index (κ2) is 8.88. The highest BCUT2D eigenvalue weighted by molar-refractivity contribution is 5.93. The van der Waals surface area contributed by atoms with Crippen molar-refractivity contribution in [2.75, 3.05) is 6.61 Å². The minimum absolute atomic E-state index is 0.0623. The molecule has 26 heavy (non-hydrogen) atoms. The van der Waals surface area contributed by atoms with Crippen molar-refractivity contribution < 1.29 is 18.7 Å². The van der Waals surface area contributed by atoms with Gasteiger partial charge in [-0.1, -0.05) is 51.5 Å². The van der Waals surface area contributed by atoms with E-state index in [-0.39, 0.29) is 17.4 Å². The molecule has 3 rings (SSSR count). The standard InChI is InChI=1S/C22H31FO3/c1-3-5-15-6-8-16(9-7-15)10-12-18-14-17-11-13-19(25-4-2)21(23)20(17)22(24)26-18/h11,13,15-16,18H,3-10,12,14H2,1-2H3. The fraction of sp³-hybridized carbons (Fsp3) is 0.682. The Hall–Kier alpha value is -1.58. The molecule has 0 N–H and O–H groups in total. The Bertz CT molecular complexity index is 620. The first-order valence-electron chi connectivity index (χ1n) is 10.3. The van der Waals surface area contributed by atoms with E-state index in [0.717, 1.165) is 30.2 Å². The molecule has 0 radical (unpaired) electrons. The molecule has 1 aromatic carbocycles. The Kier molecular flexibility index (Phi) is 6.55. The van der Waals surface area contributed by atoms with Gasteiger partial charge in [-0.3, -0.25) is 0 Å². The summed E-state index contributed by atoms with van der Waals surface area (Å²) in [6.45, 7) is 4.43. The molecule has 2 aliphatic rings. The number of benzene rings is 1. The first kappa shape index (κ1) is 19.2. The first-order valence-corrected chi connectivity index (χ1v) is 10.3. The van der Waals surface area contributed by atoms with Gasteiger partial charge in [0.25, 0.3) is 0 Å². The van der Waals surface area contributed by atoms with Gasteiger partial charge in [0, 0.05) is 6.42 Å². The third kappa shape index (κ3) is 4.39. The van der Waals surface area contributed by atoms with Gasteiger partial charge in [-0.25, -0.2) is 9.18 Å². The highest BCUT2D eigenvalue weighted by atomic mass is 19.1. The molecule has 1 heterocycles. The molecule has 1 aromatic rings. The van der Waals surface area contributed by atoms with Crippen LogP contribution in [0.15, 0.2) is 12.1 Å². The van der Waals surface area contributed by atoms with Gasteiger partial charge in [-0.2, -0.15) is 0 Å². The van der Waals surface area contributed by atoms with Crippen molar-refractivity contribution in [3.8, 4) is 5.75 Å². The van der Waals surface area contributed by atoms with Crippen LogP contribution >= 0.6 is 0 Å². The van der Waals surface area contributed by atoms with Gasteiger partial charge < -0.3 is 9.47 Å². The molecule has 1 atom stereocenters. The lowest BCUT2D eigenvalue weighted by Crippen LogP contribution is -2.29. The molecule has 1 aliphatic heterocycles. The molecule has 0 saturated heterocycles. The largest absolute Gasteiger partial charge is 0.491 e. The zero-order valence-corrected chi connectivity index (χ0v) is 16.1. The van der Waals surface area contributed by atoms with E-state index in [1.54, 1.807) is 13.0 Å². The summed E-state index contributed by atoms with van der Waals surface area (Å²) in [6.07, 6.45) is 10.4. The van der Waals surface area contributed by atoms with Crippen LogP contribution < -0.4 is 4.74 Å². The normalized spacial score (nSPS) is 25.5. The molecule has 1 fully saturated rings. The summed E-state index contributed by atoms with van der Waals surface area (Å²) in [6, 6.07) is 3.44. The van der Waals surface area contributed by atoms with E-state index in [1.807, 2.05) is 6.07 Å². The molecule has 0 aromatic heterocycles. The quantitative estimate of drug-likeness (QED) is 0.584. The number of halogens is 1. The Morgan fingerprint density at radius 2 is 1.77 bits per heavy atom. The maximum absolute atomic E-state index is 14.5. The molecular formula is C22H31FO3. The second-order valence-corrected chi connectivity index (χ2v) is 7.83. The van der Waals surface area contributed by atoms with Crippen LogP contribution in [0.3, 0.4) is 0 Å². The van der Waals surface area contributed by atoms with Crippen LogP contribution in [0.1, 0.15) is 81.1 Å². The summed E-state index contributed by atoms with van der Waals surface area (Å²) < 4.78 is 25.3. The van der Waals surface area contributed by atoms with E-state index in [1.165, 1.54) is 38.5 Å². The molecule has 144 valence electrons. The van der Waals surface area contributed by atoms with Crippen molar-refractivity contribution in [2.45, 2.75) is 77.7 Å². The lowest BCUT2D eigenvalue weighted by Gasteiger charge is -2.30. The van der Waals surface area contributed by atoms with E-state index in [0.29, 0.717) is 13.0 Å². The minimum Gasteiger partial charge on any atom is -0.491 e. The van der Waals surface area contributed by atoms with E-state index in [2.05, 4.69) is 6.92 Å². The smallest absolute Gasteiger partial charge is 0.341 e. The molecule has 0 bridgehead atoms. The lowest BCUT2D eigenvalue weighted by atomic mass is 9.78. The average Bonchev–Trinajstić information content (AvgIpc) is 2.63. The first-order chi connectivity index (χ1) is 12.6. The van der Waals surface area contributed by atoms with E-state index in [9.17, 15) is 9.18 Å². The molecule has 0 amide bonds. The molecule has 4 heteroatoms. The van der Waals surface area contributed by atoms with Gasteiger partial charge in [0.1, 0.15) is 11.7 Å². The fourth-order valence-corrected chi connectivity index (χ4v) is 4.55. The summed E-state index contributed by atoms with van der Waals surface area (Å²) in [7, 11) is 0. The van der Waals surface area contributed by atoms with Crippen LogP contribution in [0.2, 0.25) is 0 Å². The van der Waals surface area contributed by atoms with Gasteiger partial charge in [-0.05, 0) is 43.2 Å². The number of cyclic esters (lactones) is 1. The van der Waals surface area contributed by atoms with Gasteiger partial charge in [0.05, 0.1) is 6.61 Å². The Labute approximate surface area is 156 Å². The Balaban J connectivity index is 1.55. The van der Waals surface area contributed by atoms with E-state index >= 15 is 0 Å². The third-order valence-electron chi connectivity index (χ3n) is 5.98. The van der Waals surface area contributed by atoms with Crippen LogP contribution in [-0.2, 0) is 11.2 Å². The number of esters is 1. The zero-order chi connectivity index (χ0) is 18.5. The fourth-order valence-electron chi connectivity index (χ4n) is 4.55. The van der Waals surface area contributed by atoms with Crippen molar-refractivity contribution in [1.29, 1.82) is 0 Å². The summed E-state index contributed by atoms with van der Waals surface area (Å²) in [4.78, 5) is 12.3. The van der Waals surface area contributed by atoms with Crippen molar-refractivity contribution in [1.82, 2.24) is 0 Å². The summed E-state index contributed by atoms with van der Waals surface area (Å²) in [5.74, 6) is 0.674. The van der Waals surface area contributed by atoms with Gasteiger partial charge >= 0.3 is 5.97 Å². The van der Waals surface area contributed by atoms with Crippen LogP contribution in [0.25, 0.3) is 0 Å². The maximum atomic E-state index is 14.5. The summed E-state index contributed by atoms with van der Waals surface area (Å²) >= 11 is 0. The topological polar surface area (TPSA) is 35.5 Å². The predicted octanol–water partition coefficient (Wildman–Crippen LogP) is 5.69. The minimum atomic E-state index is -0.581. The average molecular weight is 362 g/mol. The monoisotopic (exact) mass is 362 g/mol. The molecule has 3 nitrogen and oxygen atoms in total. The van der Waals surface area contributed by atoms with Crippen molar-refractivity contribution in [2.24, 2.45) is 11.8 Å². The molecule has 1 saturated carbocycles. The Morgan fingerprint density at radius 1 is 1.08 bits per heavy atom. The maximum Gasteiger partial charge on any atom is 0.341 e. The number of ether oxygens (including phenoxy) is 2. The predicted molar refractivity (Wildman–Crippen MR) is 100 cm³/mol. The van der Waals surface area contributed by atoms with Gasteiger partial charge in [0.2, 0.25) is 0 Å². The number of hydrogen-bond donors (Lipinski definition) is 0. The van der Waals surface area contributed by atoms with Crippen LogP contribution in [0.4, 0.5) is 4.39 Å². The highest BCUT2D eigenvalue weighted by Gasteiger charge is 2.31. The van der Waals surface area contributed by atoms with Crippen LogP contribution in [0.5, 0.6) is 5.75 Å². The Morgan fingerprint density at radius 3 is 2.42 bits per heavy atom. The number of hydrogen-bond acceptors (Lipinski definition) is 3. The van der Waals surface area contributed by atoms with E-state index in [4.69, 9.17) is 9.47 Å². The molecule has 1 unspecified atom stereocenters. The third-order valence-corrected chi connectivity index (χ3v) is 5.98. The van der Waals surface area contributed by atoms with E-state index < -0.39 is 11.8 Å². The number of carbonyl (C=O) groups is 1. The lowest BCUT2D eigenvalue weighted by molar-refractivity contribution is 0.0207. The molecule has 1 aliphatic carbocycles. The SMILES string of the molecule is CCCC1CCC(CCC2Cc3ccc(OCC)c(F)c3C(=O)O2)CC1. The number of rotatable bonds is 7. The highest BCUT2D eigenvalue weighted by Crippen LogP contribution is 2.36. The van der Waals surface area contributed by atoms with Crippen molar-refractivity contribution >= 4 is 5.97 Å². The van der Waals surface area contributed by atoms with Crippen LogP contribution in [-0.4, -0.2) is 18.7 Å². The van der Waals surface area contributed by atoms with Gasteiger partial charge in [0.15, 0.2) is 11.6 Å². The van der Waals surface area contributed by atoms with Crippen molar-refractivity contribution in [3.05, 3.63) is 29.1 Å². The van der Waals surface area contributed by atoms with Gasteiger partial charge in [-0.15, -0.1) is 0 Å². The summed E-state index contributed by atoms with van der Waals surface area (Å²) in [5, 5.41) is 0. The van der Waals surface area contributed by atoms with Crippen molar-refractivity contribution in [3.63, 3.8) is 0 Å². The molecule has 0 spiro atoms. The summed E-state index contributed by atoms with van der Waals surface area (Å²) in [5.41, 5.74) is 0.811. The number of fused-ring (bicyclic) bond motifs is 1. The second-order valence-electron chi connectivity index (χ2n) is 7.83. The van der Waals surface area contributed by atoms with Crippen LogP contribution in [0, 0.1) is 17.7 Å².